The first-order valence-electron chi connectivity index (χ1n) is 8.94. The number of carbonyl (C=O) groups is 1. The van der Waals surface area contributed by atoms with Gasteiger partial charge in [0.1, 0.15) is 23.3 Å². The molecule has 0 spiro atoms. The highest BCUT2D eigenvalue weighted by Gasteiger charge is 2.11. The van der Waals surface area contributed by atoms with Crippen molar-refractivity contribution in [3.05, 3.63) is 71.9 Å². The Balaban J connectivity index is 1.79. The minimum Gasteiger partial charge on any atom is -0.383 e. The van der Waals surface area contributed by atoms with Gasteiger partial charge < -0.3 is 20.7 Å². The van der Waals surface area contributed by atoms with Gasteiger partial charge >= 0.3 is 0 Å². The van der Waals surface area contributed by atoms with Gasteiger partial charge in [-0.2, -0.15) is 0 Å². The molecule has 29 heavy (non-hydrogen) atoms. The molecule has 0 aliphatic rings. The zero-order valence-corrected chi connectivity index (χ0v) is 15.9. The molecule has 9 heteroatoms. The largest absolute Gasteiger partial charge is 0.383 e. The van der Waals surface area contributed by atoms with Crippen molar-refractivity contribution in [3.8, 4) is 0 Å². The van der Waals surface area contributed by atoms with Gasteiger partial charge in [-0.3, -0.25) is 9.78 Å². The first kappa shape index (κ1) is 20.2. The fourth-order valence-corrected chi connectivity index (χ4v) is 2.47. The number of hydrogen-bond acceptors (Lipinski definition) is 7. The third-order valence-corrected chi connectivity index (χ3v) is 3.89. The molecule has 0 aliphatic heterocycles. The SMILES string of the molecule is COCCNC(=O)c1cc(NCc2ccc(F)cc2)nc(Nc2cnccn2)c1. The zero-order valence-electron chi connectivity index (χ0n) is 15.9. The van der Waals surface area contributed by atoms with Crippen LogP contribution < -0.4 is 16.0 Å². The second kappa shape index (κ2) is 10.1. The predicted molar refractivity (Wildman–Crippen MR) is 107 cm³/mol. The summed E-state index contributed by atoms with van der Waals surface area (Å²) in [7, 11) is 1.57. The molecule has 0 fully saturated rings. The van der Waals surface area contributed by atoms with Crippen LogP contribution in [0.1, 0.15) is 15.9 Å². The average molecular weight is 396 g/mol. The molecule has 0 aliphatic carbocycles. The second-order valence-electron chi connectivity index (χ2n) is 6.07. The van der Waals surface area contributed by atoms with Crippen LogP contribution in [0.15, 0.2) is 55.0 Å². The number of halogens is 1. The Hall–Kier alpha value is -3.59. The average Bonchev–Trinajstić information content (AvgIpc) is 2.74. The summed E-state index contributed by atoms with van der Waals surface area (Å²) in [6.07, 6.45) is 4.67. The lowest BCUT2D eigenvalue weighted by Gasteiger charge is -2.12. The van der Waals surface area contributed by atoms with E-state index in [1.54, 1.807) is 50.0 Å². The Kier molecular flexibility index (Phi) is 7.01. The number of aromatic nitrogens is 3. The van der Waals surface area contributed by atoms with Gasteiger partial charge in [0.2, 0.25) is 0 Å². The monoisotopic (exact) mass is 396 g/mol. The van der Waals surface area contributed by atoms with Crippen molar-refractivity contribution in [1.82, 2.24) is 20.3 Å². The Bertz CT molecular complexity index is 937. The van der Waals surface area contributed by atoms with E-state index in [0.29, 0.717) is 42.7 Å². The summed E-state index contributed by atoms with van der Waals surface area (Å²) in [5.74, 6) is 0.876. The quantitative estimate of drug-likeness (QED) is 0.478. The van der Waals surface area contributed by atoms with Crippen molar-refractivity contribution in [1.29, 1.82) is 0 Å². The minimum atomic E-state index is -0.294. The van der Waals surface area contributed by atoms with Crippen molar-refractivity contribution in [3.63, 3.8) is 0 Å². The van der Waals surface area contributed by atoms with Crippen molar-refractivity contribution in [2.45, 2.75) is 6.54 Å². The topological polar surface area (TPSA) is 101 Å². The van der Waals surface area contributed by atoms with Crippen LogP contribution in [-0.4, -0.2) is 41.1 Å². The number of amides is 1. The van der Waals surface area contributed by atoms with E-state index in [2.05, 4.69) is 30.9 Å². The van der Waals surface area contributed by atoms with Gasteiger partial charge in [0.15, 0.2) is 0 Å². The lowest BCUT2D eigenvalue weighted by molar-refractivity contribution is 0.0937. The number of carbonyl (C=O) groups excluding carboxylic acids is 1. The molecule has 2 aromatic heterocycles. The van der Waals surface area contributed by atoms with E-state index in [-0.39, 0.29) is 11.7 Å². The lowest BCUT2D eigenvalue weighted by Crippen LogP contribution is -2.27. The second-order valence-corrected chi connectivity index (χ2v) is 6.07. The van der Waals surface area contributed by atoms with Crippen molar-refractivity contribution < 1.29 is 13.9 Å². The van der Waals surface area contributed by atoms with Crippen LogP contribution in [0, 0.1) is 5.82 Å². The highest BCUT2D eigenvalue weighted by Crippen LogP contribution is 2.18. The van der Waals surface area contributed by atoms with E-state index in [9.17, 15) is 9.18 Å². The molecule has 0 radical (unpaired) electrons. The van der Waals surface area contributed by atoms with E-state index >= 15 is 0 Å². The van der Waals surface area contributed by atoms with Crippen LogP contribution in [0.5, 0.6) is 0 Å². The number of hydrogen-bond donors (Lipinski definition) is 3. The molecule has 0 unspecified atom stereocenters. The van der Waals surface area contributed by atoms with Gasteiger partial charge in [-0.05, 0) is 29.8 Å². The third-order valence-electron chi connectivity index (χ3n) is 3.89. The normalized spacial score (nSPS) is 10.4. The molecular formula is C20H21FN6O2. The number of nitrogens with zero attached hydrogens (tertiary/aromatic N) is 3. The van der Waals surface area contributed by atoms with E-state index < -0.39 is 0 Å². The third kappa shape index (κ3) is 6.22. The zero-order chi connectivity index (χ0) is 20.5. The molecule has 150 valence electrons. The Morgan fingerprint density at radius 1 is 1.10 bits per heavy atom. The summed E-state index contributed by atoms with van der Waals surface area (Å²) in [4.78, 5) is 25.1. The van der Waals surface area contributed by atoms with Crippen LogP contribution in [0.2, 0.25) is 0 Å². The summed E-state index contributed by atoms with van der Waals surface area (Å²) >= 11 is 0. The van der Waals surface area contributed by atoms with E-state index in [1.165, 1.54) is 12.1 Å². The summed E-state index contributed by atoms with van der Waals surface area (Å²) in [5, 5.41) is 8.97. The number of ether oxygens (including phenoxy) is 1. The summed E-state index contributed by atoms with van der Waals surface area (Å²) in [5.41, 5.74) is 1.30. The van der Waals surface area contributed by atoms with Crippen LogP contribution >= 0.6 is 0 Å². The number of methoxy groups -OCH3 is 1. The number of rotatable bonds is 9. The van der Waals surface area contributed by atoms with E-state index in [4.69, 9.17) is 4.74 Å². The molecule has 0 atom stereocenters. The highest BCUT2D eigenvalue weighted by atomic mass is 19.1. The van der Waals surface area contributed by atoms with Gasteiger partial charge in [-0.15, -0.1) is 0 Å². The molecule has 3 rings (SSSR count). The van der Waals surface area contributed by atoms with Gasteiger partial charge in [0.25, 0.3) is 5.91 Å². The molecule has 0 saturated heterocycles. The first-order chi connectivity index (χ1) is 14.1. The molecule has 8 nitrogen and oxygen atoms in total. The van der Waals surface area contributed by atoms with E-state index in [1.807, 2.05) is 0 Å². The van der Waals surface area contributed by atoms with Crippen molar-refractivity contribution in [2.24, 2.45) is 0 Å². The predicted octanol–water partition coefficient (Wildman–Crippen LogP) is 2.74. The summed E-state index contributed by atoms with van der Waals surface area (Å²) < 4.78 is 18.0. The fraction of sp³-hybridized carbons (Fsp3) is 0.200. The maximum absolute atomic E-state index is 13.1. The number of pyridine rings is 1. The highest BCUT2D eigenvalue weighted by molar-refractivity contribution is 5.95. The van der Waals surface area contributed by atoms with Gasteiger partial charge in [0, 0.05) is 38.2 Å². The number of anilines is 3. The van der Waals surface area contributed by atoms with Gasteiger partial charge in [-0.1, -0.05) is 12.1 Å². The standard InChI is InChI=1S/C20H21FN6O2/c1-29-9-8-24-20(28)15-10-17(25-12-14-2-4-16(21)5-3-14)26-18(11-15)27-19-13-22-6-7-23-19/h2-7,10-11,13H,8-9,12H2,1H3,(H,24,28)(H2,23,25,26,27). The Morgan fingerprint density at radius 2 is 1.90 bits per heavy atom. The minimum absolute atomic E-state index is 0.253. The van der Waals surface area contributed by atoms with Gasteiger partial charge in [-0.25, -0.2) is 14.4 Å². The smallest absolute Gasteiger partial charge is 0.251 e. The van der Waals surface area contributed by atoms with E-state index in [0.717, 1.165) is 5.56 Å². The molecule has 3 aromatic rings. The molecule has 1 aromatic carbocycles. The molecule has 0 bridgehead atoms. The van der Waals surface area contributed by atoms with Gasteiger partial charge in [0.05, 0.1) is 12.8 Å². The number of benzene rings is 1. The number of nitrogens with one attached hydrogen (secondary N) is 3. The maximum atomic E-state index is 13.1. The van der Waals surface area contributed by atoms with Crippen LogP contribution in [0.3, 0.4) is 0 Å². The summed E-state index contributed by atoms with van der Waals surface area (Å²) in [6.45, 7) is 1.23. The van der Waals surface area contributed by atoms with Crippen molar-refractivity contribution in [2.75, 3.05) is 30.9 Å². The molecule has 0 saturated carbocycles. The Labute approximate surface area is 167 Å². The maximum Gasteiger partial charge on any atom is 0.251 e. The van der Waals surface area contributed by atoms with Crippen LogP contribution in [0.25, 0.3) is 0 Å². The molecular weight excluding hydrogens is 375 g/mol. The first-order valence-corrected chi connectivity index (χ1v) is 8.94. The molecule has 3 N–H and O–H groups in total. The summed E-state index contributed by atoms with van der Waals surface area (Å²) in [6, 6.07) is 9.43. The Morgan fingerprint density at radius 3 is 2.62 bits per heavy atom. The van der Waals surface area contributed by atoms with Crippen LogP contribution in [-0.2, 0) is 11.3 Å². The lowest BCUT2D eigenvalue weighted by atomic mass is 10.2. The van der Waals surface area contributed by atoms with Crippen molar-refractivity contribution >= 4 is 23.4 Å². The molecule has 2 heterocycles. The molecule has 1 amide bonds. The fourth-order valence-electron chi connectivity index (χ4n) is 2.47. The van der Waals surface area contributed by atoms with Crippen LogP contribution in [0.4, 0.5) is 21.8 Å².